The first kappa shape index (κ1) is 27.5. The Kier molecular flexibility index (Phi) is 6.15. The van der Waals surface area contributed by atoms with Crippen molar-refractivity contribution in [2.24, 2.45) is 0 Å². The molecule has 0 unspecified atom stereocenters. The monoisotopic (exact) mass is 628 g/mol. The van der Waals surface area contributed by atoms with E-state index in [1.165, 1.54) is 5.56 Å². The lowest BCUT2D eigenvalue weighted by atomic mass is 10.0. The molecule has 10 aromatic rings. The fourth-order valence-corrected chi connectivity index (χ4v) is 7.19. The molecule has 0 amide bonds. The molecule has 0 saturated heterocycles. The second-order valence-electron chi connectivity index (χ2n) is 12.4. The quantitative estimate of drug-likeness (QED) is 0.190. The highest BCUT2D eigenvalue weighted by Gasteiger charge is 2.21. The summed E-state index contributed by atoms with van der Waals surface area (Å²) in [5.74, 6) is 0. The van der Waals surface area contributed by atoms with Crippen LogP contribution in [0.25, 0.3) is 76.9 Å². The van der Waals surface area contributed by atoms with E-state index in [9.17, 15) is 0 Å². The Labute approximate surface area is 282 Å². The Balaban J connectivity index is 1.15. The molecule has 10 rings (SSSR count). The van der Waals surface area contributed by atoms with Gasteiger partial charge in [-0.05, 0) is 58.5 Å². The molecule has 7 aromatic carbocycles. The van der Waals surface area contributed by atoms with Gasteiger partial charge < -0.3 is 13.7 Å². The van der Waals surface area contributed by atoms with Crippen LogP contribution >= 0.6 is 0 Å². The van der Waals surface area contributed by atoms with Crippen molar-refractivity contribution >= 4 is 71.7 Å². The fourth-order valence-electron chi connectivity index (χ4n) is 7.19. The maximum Gasteiger partial charge on any atom is 0.162 e. The third kappa shape index (κ3) is 4.42. The van der Waals surface area contributed by atoms with Crippen LogP contribution in [0.1, 0.15) is 0 Å². The number of para-hydroxylation sites is 2. The van der Waals surface area contributed by atoms with Crippen molar-refractivity contribution < 1.29 is 8.83 Å². The van der Waals surface area contributed by atoms with Gasteiger partial charge in [0.15, 0.2) is 5.58 Å². The van der Waals surface area contributed by atoms with Gasteiger partial charge in [-0.25, -0.2) is 0 Å². The molecule has 230 valence electrons. The second-order valence-corrected chi connectivity index (χ2v) is 12.4. The van der Waals surface area contributed by atoms with E-state index in [0.717, 1.165) is 88.4 Å². The van der Waals surface area contributed by atoms with E-state index in [2.05, 4.69) is 144 Å². The molecule has 0 spiro atoms. The smallest absolute Gasteiger partial charge is 0.162 e. The van der Waals surface area contributed by atoms with Crippen molar-refractivity contribution in [3.63, 3.8) is 0 Å². The summed E-state index contributed by atoms with van der Waals surface area (Å²) in [7, 11) is 0. The SMILES string of the molecule is c1ccc(-c2ccc(N(c3ccc(-c4cccc5c4oc4ccccc45)cc3)c3cncc4c3oc3c5ccccc5ccc43)cc2)cc1. The molecule has 4 nitrogen and oxygen atoms in total. The zero-order valence-corrected chi connectivity index (χ0v) is 26.4. The van der Waals surface area contributed by atoms with Crippen LogP contribution in [0.4, 0.5) is 17.1 Å². The molecular weight excluding hydrogens is 601 g/mol. The van der Waals surface area contributed by atoms with Crippen LogP contribution in [0.2, 0.25) is 0 Å². The van der Waals surface area contributed by atoms with E-state index in [4.69, 9.17) is 13.8 Å². The molecule has 4 heteroatoms. The highest BCUT2D eigenvalue weighted by atomic mass is 16.3. The van der Waals surface area contributed by atoms with E-state index in [1.54, 1.807) is 0 Å². The molecule has 0 atom stereocenters. The summed E-state index contributed by atoms with van der Waals surface area (Å²) < 4.78 is 13.2. The first-order valence-electron chi connectivity index (χ1n) is 16.4. The third-order valence-corrected chi connectivity index (χ3v) is 9.57. The number of pyridine rings is 1. The van der Waals surface area contributed by atoms with Crippen LogP contribution in [-0.2, 0) is 0 Å². The molecule has 0 saturated carbocycles. The van der Waals surface area contributed by atoms with Gasteiger partial charge in [-0.1, -0.05) is 121 Å². The van der Waals surface area contributed by atoms with Gasteiger partial charge >= 0.3 is 0 Å². The molecule has 0 N–H and O–H groups in total. The van der Waals surface area contributed by atoms with Gasteiger partial charge in [0.2, 0.25) is 0 Å². The average Bonchev–Trinajstić information content (AvgIpc) is 3.75. The average molecular weight is 629 g/mol. The minimum atomic E-state index is 0.796. The number of aromatic nitrogens is 1. The van der Waals surface area contributed by atoms with Crippen molar-refractivity contribution in [1.29, 1.82) is 0 Å². The first-order valence-corrected chi connectivity index (χ1v) is 16.4. The Hall–Kier alpha value is -6.65. The van der Waals surface area contributed by atoms with E-state index < -0.39 is 0 Å². The Morgan fingerprint density at radius 1 is 0.388 bits per heavy atom. The molecule has 0 aliphatic carbocycles. The van der Waals surface area contributed by atoms with Crippen molar-refractivity contribution in [1.82, 2.24) is 4.98 Å². The van der Waals surface area contributed by atoms with Crippen LogP contribution < -0.4 is 4.90 Å². The van der Waals surface area contributed by atoms with Gasteiger partial charge in [0.05, 0.1) is 6.20 Å². The maximum atomic E-state index is 6.79. The largest absolute Gasteiger partial charge is 0.455 e. The zero-order chi connectivity index (χ0) is 32.3. The maximum absolute atomic E-state index is 6.79. The van der Waals surface area contributed by atoms with Gasteiger partial charge in [-0.3, -0.25) is 4.98 Å². The van der Waals surface area contributed by atoms with E-state index in [1.807, 2.05) is 30.6 Å². The summed E-state index contributed by atoms with van der Waals surface area (Å²) in [6, 6.07) is 55.0. The van der Waals surface area contributed by atoms with Crippen LogP contribution in [-0.4, -0.2) is 4.98 Å². The molecule has 0 aliphatic rings. The summed E-state index contributed by atoms with van der Waals surface area (Å²) >= 11 is 0. The summed E-state index contributed by atoms with van der Waals surface area (Å²) in [6.07, 6.45) is 3.81. The Morgan fingerprint density at radius 3 is 1.86 bits per heavy atom. The van der Waals surface area contributed by atoms with Crippen LogP contribution in [0.15, 0.2) is 179 Å². The van der Waals surface area contributed by atoms with E-state index >= 15 is 0 Å². The molecule has 3 aromatic heterocycles. The number of benzene rings is 7. The summed E-state index contributed by atoms with van der Waals surface area (Å²) in [5.41, 5.74) is 10.8. The molecule has 0 fully saturated rings. The van der Waals surface area contributed by atoms with Gasteiger partial charge in [0.1, 0.15) is 22.4 Å². The number of anilines is 3. The van der Waals surface area contributed by atoms with Crippen LogP contribution in [0.5, 0.6) is 0 Å². The van der Waals surface area contributed by atoms with Gasteiger partial charge in [-0.2, -0.15) is 0 Å². The Bertz CT molecular complexity index is 2810. The van der Waals surface area contributed by atoms with Crippen LogP contribution in [0, 0.1) is 0 Å². The first-order chi connectivity index (χ1) is 24.3. The van der Waals surface area contributed by atoms with Crippen LogP contribution in [0.3, 0.4) is 0 Å². The molecule has 0 radical (unpaired) electrons. The van der Waals surface area contributed by atoms with Crippen molar-refractivity contribution in [3.8, 4) is 22.3 Å². The molecule has 49 heavy (non-hydrogen) atoms. The molecular formula is C45H28N2O2. The standard InChI is InChI=1S/C45H28N2O2/c1-2-9-29(10-3-1)30-17-22-33(23-18-30)47(41-28-46-27-40-39-26-21-31-11-4-5-12-35(31)44(39)49-45(40)41)34-24-19-32(20-25-34)36-14-8-15-38-37-13-6-7-16-42(37)48-43(36)38/h1-28H. The lowest BCUT2D eigenvalue weighted by Gasteiger charge is -2.25. The number of hydrogen-bond acceptors (Lipinski definition) is 4. The highest BCUT2D eigenvalue weighted by molar-refractivity contribution is 6.17. The highest BCUT2D eigenvalue weighted by Crippen LogP contribution is 2.44. The lowest BCUT2D eigenvalue weighted by molar-refractivity contribution is 0.670. The summed E-state index contributed by atoms with van der Waals surface area (Å²) in [5, 5.41) is 6.51. The zero-order valence-electron chi connectivity index (χ0n) is 26.4. The minimum Gasteiger partial charge on any atom is -0.455 e. The van der Waals surface area contributed by atoms with E-state index in [0.29, 0.717) is 0 Å². The fraction of sp³-hybridized carbons (Fsp3) is 0. The summed E-state index contributed by atoms with van der Waals surface area (Å²) in [6.45, 7) is 0. The van der Waals surface area contributed by atoms with Crippen molar-refractivity contribution in [2.75, 3.05) is 4.90 Å². The Morgan fingerprint density at radius 2 is 1.04 bits per heavy atom. The molecule has 3 heterocycles. The number of hydrogen-bond donors (Lipinski definition) is 0. The van der Waals surface area contributed by atoms with E-state index in [-0.39, 0.29) is 0 Å². The molecule has 0 bridgehead atoms. The topological polar surface area (TPSA) is 42.4 Å². The molecule has 0 aliphatic heterocycles. The van der Waals surface area contributed by atoms with Crippen molar-refractivity contribution in [3.05, 3.63) is 170 Å². The number of nitrogens with zero attached hydrogens (tertiary/aromatic N) is 2. The van der Waals surface area contributed by atoms with Crippen molar-refractivity contribution in [2.45, 2.75) is 0 Å². The number of rotatable bonds is 5. The second kappa shape index (κ2) is 11.0. The number of fused-ring (bicyclic) bond motifs is 8. The third-order valence-electron chi connectivity index (χ3n) is 9.57. The van der Waals surface area contributed by atoms with Gasteiger partial charge in [-0.15, -0.1) is 0 Å². The normalized spacial score (nSPS) is 11.7. The predicted octanol–water partition coefficient (Wildman–Crippen LogP) is 12.8. The lowest BCUT2D eigenvalue weighted by Crippen LogP contribution is -2.10. The minimum absolute atomic E-state index is 0.796. The summed E-state index contributed by atoms with van der Waals surface area (Å²) in [4.78, 5) is 6.99. The predicted molar refractivity (Wildman–Crippen MR) is 202 cm³/mol. The number of furan rings is 2. The van der Waals surface area contributed by atoms with Gasteiger partial charge in [0, 0.05) is 50.1 Å². The van der Waals surface area contributed by atoms with Gasteiger partial charge in [0.25, 0.3) is 0 Å².